The lowest BCUT2D eigenvalue weighted by Gasteiger charge is -2.34. The van der Waals surface area contributed by atoms with Crippen molar-refractivity contribution in [2.24, 2.45) is 0 Å². The molecular weight excluding hydrogens is 375 g/mol. The van der Waals surface area contributed by atoms with E-state index in [1.54, 1.807) is 11.1 Å². The number of ether oxygens (including phenoxy) is 2. The summed E-state index contributed by atoms with van der Waals surface area (Å²) in [6.45, 7) is 4.14. The quantitative estimate of drug-likeness (QED) is 0.867. The number of nitrogens with one attached hydrogen (secondary N) is 1. The molecule has 2 aromatic rings. The van der Waals surface area contributed by atoms with Crippen molar-refractivity contribution in [3.8, 4) is 5.75 Å². The van der Waals surface area contributed by atoms with Gasteiger partial charge >= 0.3 is 6.03 Å². The van der Waals surface area contributed by atoms with E-state index in [-0.39, 0.29) is 23.2 Å². The molecule has 0 aliphatic carbocycles. The lowest BCUT2D eigenvalue weighted by atomic mass is 10.2. The molecule has 0 radical (unpaired) electrons. The van der Waals surface area contributed by atoms with Gasteiger partial charge in [0.1, 0.15) is 11.9 Å². The van der Waals surface area contributed by atoms with Crippen LogP contribution in [-0.2, 0) is 17.8 Å². The fourth-order valence-corrected chi connectivity index (χ4v) is 3.48. The van der Waals surface area contributed by atoms with Crippen LogP contribution in [0.1, 0.15) is 19.0 Å². The second kappa shape index (κ2) is 7.36. The van der Waals surface area contributed by atoms with Gasteiger partial charge in [0.15, 0.2) is 5.75 Å². The van der Waals surface area contributed by atoms with E-state index in [9.17, 15) is 9.18 Å². The minimum absolute atomic E-state index is 0.0156. The Labute approximate surface area is 161 Å². The average Bonchev–Trinajstić information content (AvgIpc) is 3.28. The normalized spacial score (nSPS) is 21.8. The summed E-state index contributed by atoms with van der Waals surface area (Å²) in [5, 5.41) is 7.12. The summed E-state index contributed by atoms with van der Waals surface area (Å²) in [6.07, 6.45) is 2.56. The van der Waals surface area contributed by atoms with Crippen LogP contribution in [0.2, 0.25) is 5.02 Å². The van der Waals surface area contributed by atoms with Gasteiger partial charge < -0.3 is 19.7 Å². The monoisotopic (exact) mass is 394 g/mol. The molecule has 3 heterocycles. The van der Waals surface area contributed by atoms with Crippen LogP contribution in [0, 0.1) is 5.82 Å². The second-order valence-corrected chi connectivity index (χ2v) is 7.18. The molecule has 27 heavy (non-hydrogen) atoms. The van der Waals surface area contributed by atoms with Crippen molar-refractivity contribution in [1.82, 2.24) is 14.7 Å². The Morgan fingerprint density at radius 3 is 3.07 bits per heavy atom. The molecule has 2 atom stereocenters. The number of hydrogen-bond donors (Lipinski definition) is 1. The first kappa shape index (κ1) is 18.1. The first-order valence-electron chi connectivity index (χ1n) is 8.83. The highest BCUT2D eigenvalue weighted by atomic mass is 35.5. The summed E-state index contributed by atoms with van der Waals surface area (Å²) in [6, 6.07) is 3.75. The molecule has 1 saturated heterocycles. The number of aromatic nitrogens is 2. The van der Waals surface area contributed by atoms with Crippen molar-refractivity contribution in [2.45, 2.75) is 38.6 Å². The van der Waals surface area contributed by atoms with Gasteiger partial charge in [-0.3, -0.25) is 4.68 Å². The van der Waals surface area contributed by atoms with Crippen LogP contribution in [0.3, 0.4) is 0 Å². The summed E-state index contributed by atoms with van der Waals surface area (Å²) in [5.41, 5.74) is 1.30. The summed E-state index contributed by atoms with van der Waals surface area (Å²) in [4.78, 5) is 14.4. The van der Waals surface area contributed by atoms with E-state index in [1.165, 1.54) is 18.2 Å². The summed E-state index contributed by atoms with van der Waals surface area (Å²) in [5.74, 6) is 0.155. The van der Waals surface area contributed by atoms with E-state index in [0.29, 0.717) is 37.7 Å². The predicted molar refractivity (Wildman–Crippen MR) is 97.5 cm³/mol. The predicted octanol–water partition coefficient (Wildman–Crippen LogP) is 3.28. The molecule has 2 aliphatic heterocycles. The zero-order valence-corrected chi connectivity index (χ0v) is 15.6. The van der Waals surface area contributed by atoms with Crippen molar-refractivity contribution < 1.29 is 18.7 Å². The molecule has 1 fully saturated rings. The molecule has 1 unspecified atom stereocenters. The Morgan fingerprint density at radius 1 is 1.48 bits per heavy atom. The molecule has 2 aliphatic rings. The van der Waals surface area contributed by atoms with Gasteiger partial charge in [-0.2, -0.15) is 5.10 Å². The summed E-state index contributed by atoms with van der Waals surface area (Å²) in [7, 11) is 0. The fourth-order valence-electron chi connectivity index (χ4n) is 3.30. The minimum atomic E-state index is -0.525. The zero-order chi connectivity index (χ0) is 19.0. The third kappa shape index (κ3) is 3.72. The number of benzene rings is 1. The van der Waals surface area contributed by atoms with Gasteiger partial charge in [0.2, 0.25) is 0 Å². The van der Waals surface area contributed by atoms with Gasteiger partial charge in [-0.1, -0.05) is 11.6 Å². The molecule has 1 aromatic heterocycles. The van der Waals surface area contributed by atoms with Gasteiger partial charge in [0.05, 0.1) is 49.3 Å². The van der Waals surface area contributed by atoms with E-state index in [0.717, 1.165) is 12.1 Å². The first-order valence-corrected chi connectivity index (χ1v) is 9.21. The van der Waals surface area contributed by atoms with Crippen molar-refractivity contribution in [3.63, 3.8) is 0 Å². The minimum Gasteiger partial charge on any atom is -0.484 e. The average molecular weight is 395 g/mol. The number of urea groups is 1. The number of carbonyl (C=O) groups is 1. The molecular formula is C18H20ClFN4O3. The largest absolute Gasteiger partial charge is 0.484 e. The molecule has 0 bridgehead atoms. The van der Waals surface area contributed by atoms with Crippen LogP contribution in [-0.4, -0.2) is 46.1 Å². The first-order chi connectivity index (χ1) is 13.0. The van der Waals surface area contributed by atoms with E-state index in [2.05, 4.69) is 10.4 Å². The van der Waals surface area contributed by atoms with Crippen LogP contribution in [0.25, 0.3) is 0 Å². The molecule has 2 amide bonds. The maximum Gasteiger partial charge on any atom is 0.322 e. The topological polar surface area (TPSA) is 68.6 Å². The smallest absolute Gasteiger partial charge is 0.322 e. The van der Waals surface area contributed by atoms with Crippen molar-refractivity contribution in [1.29, 1.82) is 0 Å². The van der Waals surface area contributed by atoms with E-state index >= 15 is 0 Å². The highest BCUT2D eigenvalue weighted by Crippen LogP contribution is 2.28. The third-order valence-corrected chi connectivity index (χ3v) is 5.10. The highest BCUT2D eigenvalue weighted by Gasteiger charge is 2.31. The van der Waals surface area contributed by atoms with Gasteiger partial charge in [-0.25, -0.2) is 9.18 Å². The number of nitrogens with zero attached hydrogens (tertiary/aromatic N) is 3. The van der Waals surface area contributed by atoms with Crippen LogP contribution in [0.5, 0.6) is 5.75 Å². The lowest BCUT2D eigenvalue weighted by molar-refractivity contribution is 0.134. The molecule has 4 rings (SSSR count). The zero-order valence-electron chi connectivity index (χ0n) is 14.8. The number of fused-ring (bicyclic) bond motifs is 1. The molecule has 0 saturated carbocycles. The molecule has 0 spiro atoms. The standard InChI is InChI=1S/C18H20ClFN4O3/c1-11-8-24-16(17(7-21-24)27-13-4-5-26-10-13)9-23(11)18(25)22-12-2-3-15(20)14(19)6-12/h2-3,6-7,11,13H,4-5,8-10H2,1H3,(H,22,25)/t11-,13?/m0/s1. The van der Waals surface area contributed by atoms with Crippen LogP contribution < -0.4 is 10.1 Å². The number of anilines is 1. The van der Waals surface area contributed by atoms with Gasteiger partial charge in [-0.15, -0.1) is 0 Å². The second-order valence-electron chi connectivity index (χ2n) is 6.78. The molecule has 144 valence electrons. The Morgan fingerprint density at radius 2 is 2.33 bits per heavy atom. The van der Waals surface area contributed by atoms with Crippen molar-refractivity contribution in [3.05, 3.63) is 40.9 Å². The van der Waals surface area contributed by atoms with E-state index in [4.69, 9.17) is 21.1 Å². The van der Waals surface area contributed by atoms with E-state index in [1.807, 2.05) is 11.6 Å². The number of hydrogen-bond acceptors (Lipinski definition) is 4. The van der Waals surface area contributed by atoms with Crippen LogP contribution in [0.4, 0.5) is 14.9 Å². The highest BCUT2D eigenvalue weighted by molar-refractivity contribution is 6.31. The number of carbonyl (C=O) groups excluding carboxylic acids is 1. The third-order valence-electron chi connectivity index (χ3n) is 4.81. The van der Waals surface area contributed by atoms with Gasteiger partial charge in [0.25, 0.3) is 0 Å². The Hall–Kier alpha value is -2.32. The Balaban J connectivity index is 1.48. The molecule has 1 aromatic carbocycles. The molecule has 9 heteroatoms. The SMILES string of the molecule is C[C@H]1Cn2ncc(OC3CCOC3)c2CN1C(=O)Nc1ccc(F)c(Cl)c1. The van der Waals surface area contributed by atoms with Crippen LogP contribution >= 0.6 is 11.6 Å². The Bertz CT molecular complexity index is 853. The fraction of sp³-hybridized carbons (Fsp3) is 0.444. The maximum absolute atomic E-state index is 13.3. The lowest BCUT2D eigenvalue weighted by Crippen LogP contribution is -2.47. The molecule has 1 N–H and O–H groups in total. The van der Waals surface area contributed by atoms with Gasteiger partial charge in [0, 0.05) is 12.1 Å². The van der Waals surface area contributed by atoms with Crippen molar-refractivity contribution in [2.75, 3.05) is 18.5 Å². The van der Waals surface area contributed by atoms with Crippen LogP contribution in [0.15, 0.2) is 24.4 Å². The van der Waals surface area contributed by atoms with Crippen molar-refractivity contribution >= 4 is 23.3 Å². The molecule has 7 nitrogen and oxygen atoms in total. The number of halogens is 2. The number of rotatable bonds is 3. The maximum atomic E-state index is 13.3. The van der Waals surface area contributed by atoms with E-state index < -0.39 is 5.82 Å². The Kier molecular flexibility index (Phi) is 4.92. The summed E-state index contributed by atoms with van der Waals surface area (Å²) < 4.78 is 26.5. The number of amides is 2. The summed E-state index contributed by atoms with van der Waals surface area (Å²) >= 11 is 5.79. The van der Waals surface area contributed by atoms with Gasteiger partial charge in [-0.05, 0) is 25.1 Å².